The zero-order valence-corrected chi connectivity index (χ0v) is 10.8. The van der Waals surface area contributed by atoms with Crippen molar-refractivity contribution >= 4 is 0 Å². The lowest BCUT2D eigenvalue weighted by Crippen LogP contribution is -2.33. The topological polar surface area (TPSA) is 15.3 Å². The quantitative estimate of drug-likeness (QED) is 0.566. The van der Waals surface area contributed by atoms with Crippen molar-refractivity contribution < 1.29 is 0 Å². The van der Waals surface area contributed by atoms with Gasteiger partial charge in [0.25, 0.3) is 0 Å². The summed E-state index contributed by atoms with van der Waals surface area (Å²) in [5, 5.41) is 3.20. The van der Waals surface area contributed by atoms with Gasteiger partial charge in [0.2, 0.25) is 0 Å². The van der Waals surface area contributed by atoms with E-state index < -0.39 is 0 Å². The largest absolute Gasteiger partial charge is 0.320 e. The van der Waals surface area contributed by atoms with Gasteiger partial charge in [0.1, 0.15) is 0 Å². The normalized spacial score (nSPS) is 19.1. The first kappa shape index (κ1) is 12.7. The van der Waals surface area contributed by atoms with Crippen LogP contribution in [0.3, 0.4) is 0 Å². The third kappa shape index (κ3) is 4.35. The maximum Gasteiger partial charge on any atom is 0.0166 e. The highest BCUT2D eigenvalue weighted by Gasteiger charge is 2.20. The van der Waals surface area contributed by atoms with Crippen LogP contribution in [0.5, 0.6) is 0 Å². The van der Waals surface area contributed by atoms with Gasteiger partial charge in [-0.2, -0.15) is 0 Å². The summed E-state index contributed by atoms with van der Waals surface area (Å²) in [7, 11) is 2.02. The molecule has 0 unspecified atom stereocenters. The minimum Gasteiger partial charge on any atom is -0.320 e. The molecule has 0 amide bonds. The Kier molecular flexibility index (Phi) is 4.81. The van der Waals surface area contributed by atoms with E-state index in [1.165, 1.54) is 25.9 Å². The molecular formula is C13H26N2. The van der Waals surface area contributed by atoms with Gasteiger partial charge in [0, 0.05) is 13.1 Å². The van der Waals surface area contributed by atoms with E-state index in [-0.39, 0.29) is 0 Å². The molecule has 1 N–H and O–H groups in total. The highest BCUT2D eigenvalue weighted by Crippen LogP contribution is 2.29. The second-order valence-corrected chi connectivity index (χ2v) is 5.49. The van der Waals surface area contributed by atoms with Gasteiger partial charge < -0.3 is 5.32 Å². The van der Waals surface area contributed by atoms with E-state index in [9.17, 15) is 0 Å². The summed E-state index contributed by atoms with van der Waals surface area (Å²) in [6.07, 6.45) is 4.95. The lowest BCUT2D eigenvalue weighted by Gasteiger charge is -2.32. The minimum absolute atomic E-state index is 0.372. The first-order valence-electron chi connectivity index (χ1n) is 6.10. The summed E-state index contributed by atoms with van der Waals surface area (Å²) < 4.78 is 0. The molecule has 15 heavy (non-hydrogen) atoms. The van der Waals surface area contributed by atoms with Crippen LogP contribution in [0, 0.1) is 5.41 Å². The summed E-state index contributed by atoms with van der Waals surface area (Å²) in [4.78, 5) is 2.55. The fourth-order valence-electron chi connectivity index (χ4n) is 2.07. The average molecular weight is 210 g/mol. The first-order chi connectivity index (χ1) is 7.04. The van der Waals surface area contributed by atoms with E-state index in [1.54, 1.807) is 5.57 Å². The van der Waals surface area contributed by atoms with Crippen LogP contribution in [0.2, 0.25) is 0 Å². The smallest absolute Gasteiger partial charge is 0.0166 e. The summed E-state index contributed by atoms with van der Waals surface area (Å²) in [6.45, 7) is 11.7. The van der Waals surface area contributed by atoms with Crippen LogP contribution < -0.4 is 5.32 Å². The van der Waals surface area contributed by atoms with Gasteiger partial charge in [-0.1, -0.05) is 32.4 Å². The van der Waals surface area contributed by atoms with Crippen LogP contribution >= 0.6 is 0 Å². The SMILES string of the molecule is CNCCCN1CC=C(C(C)(C)C)CC1. The van der Waals surface area contributed by atoms with E-state index >= 15 is 0 Å². The molecule has 2 nitrogen and oxygen atoms in total. The molecule has 0 aromatic carbocycles. The average Bonchev–Trinajstić information content (AvgIpc) is 2.18. The number of nitrogens with one attached hydrogen (secondary N) is 1. The van der Waals surface area contributed by atoms with Gasteiger partial charge in [-0.3, -0.25) is 4.90 Å². The molecule has 1 aliphatic heterocycles. The molecule has 0 bridgehead atoms. The van der Waals surface area contributed by atoms with Crippen LogP contribution in [0.4, 0.5) is 0 Å². The van der Waals surface area contributed by atoms with Gasteiger partial charge in [0.15, 0.2) is 0 Å². The molecule has 0 radical (unpaired) electrons. The fourth-order valence-corrected chi connectivity index (χ4v) is 2.07. The Hall–Kier alpha value is -0.340. The zero-order valence-electron chi connectivity index (χ0n) is 10.8. The molecule has 0 fully saturated rings. The van der Waals surface area contributed by atoms with Crippen molar-refractivity contribution in [1.29, 1.82) is 0 Å². The van der Waals surface area contributed by atoms with Crippen LogP contribution in [-0.4, -0.2) is 38.1 Å². The molecule has 0 aromatic heterocycles. The van der Waals surface area contributed by atoms with E-state index in [2.05, 4.69) is 37.1 Å². The molecule has 0 aromatic rings. The molecule has 1 heterocycles. The first-order valence-corrected chi connectivity index (χ1v) is 6.10. The van der Waals surface area contributed by atoms with Crippen LogP contribution in [0.25, 0.3) is 0 Å². The molecule has 1 aliphatic rings. The summed E-state index contributed by atoms with van der Waals surface area (Å²) in [5.74, 6) is 0. The molecule has 0 saturated carbocycles. The molecule has 88 valence electrons. The standard InChI is InChI=1S/C13H26N2/c1-13(2,3)12-6-10-15(11-7-12)9-5-8-14-4/h6,14H,5,7-11H2,1-4H3. The van der Waals surface area contributed by atoms with Crippen LogP contribution in [-0.2, 0) is 0 Å². The molecule has 2 heteroatoms. The maximum absolute atomic E-state index is 3.20. The van der Waals surface area contributed by atoms with Crippen molar-refractivity contribution in [2.24, 2.45) is 5.41 Å². The molecule has 1 rings (SSSR count). The predicted molar refractivity (Wildman–Crippen MR) is 67.1 cm³/mol. The van der Waals surface area contributed by atoms with Crippen LogP contribution in [0.1, 0.15) is 33.6 Å². The minimum atomic E-state index is 0.372. The summed E-state index contributed by atoms with van der Waals surface area (Å²) >= 11 is 0. The Morgan fingerprint density at radius 3 is 2.60 bits per heavy atom. The Balaban J connectivity index is 2.31. The Morgan fingerprint density at radius 2 is 2.13 bits per heavy atom. The predicted octanol–water partition coefficient (Wildman–Crippen LogP) is 2.27. The van der Waals surface area contributed by atoms with Crippen molar-refractivity contribution in [2.75, 3.05) is 33.2 Å². The highest BCUT2D eigenvalue weighted by molar-refractivity contribution is 5.14. The van der Waals surface area contributed by atoms with Crippen LogP contribution in [0.15, 0.2) is 11.6 Å². The summed E-state index contributed by atoms with van der Waals surface area (Å²) in [6, 6.07) is 0. The Bertz CT molecular complexity index is 213. The summed E-state index contributed by atoms with van der Waals surface area (Å²) in [5.41, 5.74) is 2.00. The second kappa shape index (κ2) is 5.66. The van der Waals surface area contributed by atoms with Gasteiger partial charge >= 0.3 is 0 Å². The van der Waals surface area contributed by atoms with Crippen molar-refractivity contribution in [2.45, 2.75) is 33.6 Å². The maximum atomic E-state index is 3.20. The van der Waals surface area contributed by atoms with Gasteiger partial charge in [0.05, 0.1) is 0 Å². The van der Waals surface area contributed by atoms with E-state index in [1.807, 2.05) is 7.05 Å². The monoisotopic (exact) mass is 210 g/mol. The molecular weight excluding hydrogens is 184 g/mol. The van der Waals surface area contributed by atoms with E-state index in [0.29, 0.717) is 5.41 Å². The molecule has 0 aliphatic carbocycles. The number of hydrogen-bond acceptors (Lipinski definition) is 2. The van der Waals surface area contributed by atoms with Gasteiger partial charge in [-0.15, -0.1) is 0 Å². The Morgan fingerprint density at radius 1 is 1.40 bits per heavy atom. The van der Waals surface area contributed by atoms with Crippen molar-refractivity contribution in [1.82, 2.24) is 10.2 Å². The molecule has 0 saturated heterocycles. The van der Waals surface area contributed by atoms with Crippen molar-refractivity contribution in [3.05, 3.63) is 11.6 Å². The molecule has 0 atom stereocenters. The number of hydrogen-bond donors (Lipinski definition) is 1. The van der Waals surface area contributed by atoms with Gasteiger partial charge in [-0.25, -0.2) is 0 Å². The third-order valence-electron chi connectivity index (χ3n) is 3.16. The number of nitrogens with zero attached hydrogens (tertiary/aromatic N) is 1. The Labute approximate surface area is 94.7 Å². The van der Waals surface area contributed by atoms with Gasteiger partial charge in [-0.05, 0) is 38.4 Å². The lowest BCUT2D eigenvalue weighted by atomic mass is 9.83. The highest BCUT2D eigenvalue weighted by atomic mass is 15.1. The number of rotatable bonds is 4. The third-order valence-corrected chi connectivity index (χ3v) is 3.16. The lowest BCUT2D eigenvalue weighted by molar-refractivity contribution is 0.275. The molecule has 0 spiro atoms. The van der Waals surface area contributed by atoms with E-state index in [4.69, 9.17) is 0 Å². The van der Waals surface area contributed by atoms with E-state index in [0.717, 1.165) is 13.1 Å². The fraction of sp³-hybridized carbons (Fsp3) is 0.846. The van der Waals surface area contributed by atoms with Crippen molar-refractivity contribution in [3.63, 3.8) is 0 Å². The zero-order chi connectivity index (χ0) is 11.3. The van der Waals surface area contributed by atoms with Crippen molar-refractivity contribution in [3.8, 4) is 0 Å². The second-order valence-electron chi connectivity index (χ2n) is 5.49.